The quantitative estimate of drug-likeness (QED) is 0.181. The Morgan fingerprint density at radius 1 is 1.09 bits per heavy atom. The molecule has 3 aromatic carbocycles. The Morgan fingerprint density at radius 3 is 2.44 bits per heavy atom. The summed E-state index contributed by atoms with van der Waals surface area (Å²) in [6.45, 7) is 7.17. The molecule has 1 saturated heterocycles. The van der Waals surface area contributed by atoms with Gasteiger partial charge in [-0.2, -0.15) is 0 Å². The van der Waals surface area contributed by atoms with Gasteiger partial charge in [0.15, 0.2) is 0 Å². The van der Waals surface area contributed by atoms with E-state index in [1.54, 1.807) is 40.8 Å². The van der Waals surface area contributed by atoms with Gasteiger partial charge >= 0.3 is 0 Å². The number of aromatic nitrogens is 2. The molecule has 8 nitrogen and oxygen atoms in total. The number of carbonyl (C=O) groups excluding carboxylic acids is 2. The maximum absolute atomic E-state index is 14.3. The van der Waals surface area contributed by atoms with E-state index in [0.717, 1.165) is 5.56 Å². The summed E-state index contributed by atoms with van der Waals surface area (Å²) < 4.78 is 30.4. The van der Waals surface area contributed by atoms with E-state index in [1.807, 2.05) is 58.0 Å². The van der Waals surface area contributed by atoms with Gasteiger partial charge in [-0.3, -0.25) is 9.59 Å². The zero-order valence-corrected chi connectivity index (χ0v) is 27.3. The molecule has 0 aliphatic carbocycles. The van der Waals surface area contributed by atoms with E-state index in [0.29, 0.717) is 44.0 Å². The molecule has 1 fully saturated rings. The third-order valence-corrected chi connectivity index (χ3v) is 8.68. The Hall–Kier alpha value is -3.89. The van der Waals surface area contributed by atoms with Crippen molar-refractivity contribution >= 4 is 63.4 Å². The van der Waals surface area contributed by atoms with E-state index in [-0.39, 0.29) is 37.0 Å². The second kappa shape index (κ2) is 12.5. The Morgan fingerprint density at radius 2 is 1.80 bits per heavy atom. The monoisotopic (exact) mass is 656 g/mol. The molecule has 238 valence electrons. The minimum atomic E-state index is -2.86. The molecule has 0 radical (unpaired) electrons. The number of carbonyl (C=O) groups is 2. The van der Waals surface area contributed by atoms with Crippen LogP contribution in [0, 0.1) is 5.41 Å². The summed E-state index contributed by atoms with van der Waals surface area (Å²) in [4.78, 5) is 32.3. The lowest BCUT2D eigenvalue weighted by molar-refractivity contribution is -0.128. The molecule has 0 unspecified atom stereocenters. The van der Waals surface area contributed by atoms with Crippen molar-refractivity contribution < 1.29 is 18.4 Å². The highest BCUT2D eigenvalue weighted by Crippen LogP contribution is 2.38. The number of fused-ring (bicyclic) bond motifs is 1. The number of halogens is 4. The molecule has 2 amide bonds. The average Bonchev–Trinajstić information content (AvgIpc) is 3.51. The first-order valence-electron chi connectivity index (χ1n) is 14.7. The van der Waals surface area contributed by atoms with Crippen LogP contribution in [0.2, 0.25) is 10.0 Å². The number of alkyl halides is 2. The lowest BCUT2D eigenvalue weighted by Crippen LogP contribution is -2.34. The zero-order valence-electron chi connectivity index (χ0n) is 25.8. The molecule has 12 heteroatoms. The van der Waals surface area contributed by atoms with Crippen LogP contribution in [-0.2, 0) is 18.4 Å². The normalized spacial score (nSPS) is 15.3. The van der Waals surface area contributed by atoms with Gasteiger partial charge in [-0.25, -0.2) is 13.8 Å². The summed E-state index contributed by atoms with van der Waals surface area (Å²) in [5, 5.41) is 9.76. The molecular formula is C33H36Cl2F2N6O2. The van der Waals surface area contributed by atoms with Gasteiger partial charge in [0.1, 0.15) is 0 Å². The number of nitrogens with zero attached hydrogens (tertiary/aromatic N) is 3. The number of benzene rings is 3. The minimum Gasteiger partial charge on any atom is -0.365 e. The maximum Gasteiger partial charge on any atom is 0.266 e. The lowest BCUT2D eigenvalue weighted by atomic mass is 9.95. The van der Waals surface area contributed by atoms with E-state index in [4.69, 9.17) is 28.2 Å². The van der Waals surface area contributed by atoms with Gasteiger partial charge in [0.05, 0.1) is 50.6 Å². The fraction of sp³-hybridized carbons (Fsp3) is 0.364. The standard InChI is InChI=1S/C33H36Cl2F2N6O2/c1-19(20-9-7-6-8-10-20)39-29(44)22-15-24-26(16-25(22)43-14-13-33(36,37)18-43)42(5)31(40-24)41-28-23(34)12-11-21(27(28)35)17-38-30(45)32(2,3)4/h6-12,15-16,19H,13-14,17-18H2,1-5H3,(H,38,45)(H,39,44)(H,40,41)/t19-/m0/s1. The van der Waals surface area contributed by atoms with Crippen LogP contribution in [0.1, 0.15) is 61.6 Å². The molecule has 0 spiro atoms. The highest BCUT2D eigenvalue weighted by molar-refractivity contribution is 6.39. The molecule has 2 heterocycles. The Kier molecular flexibility index (Phi) is 9.01. The van der Waals surface area contributed by atoms with Crippen LogP contribution in [-0.4, -0.2) is 40.4 Å². The average molecular weight is 658 g/mol. The van der Waals surface area contributed by atoms with Gasteiger partial charge in [0.25, 0.3) is 11.8 Å². The van der Waals surface area contributed by atoms with Crippen LogP contribution in [0.3, 0.4) is 0 Å². The Balaban J connectivity index is 1.50. The highest BCUT2D eigenvalue weighted by Gasteiger charge is 2.39. The van der Waals surface area contributed by atoms with Crippen molar-refractivity contribution in [3.05, 3.63) is 81.3 Å². The Labute approximate surface area is 271 Å². The van der Waals surface area contributed by atoms with Crippen LogP contribution >= 0.6 is 23.2 Å². The molecule has 4 aromatic rings. The molecular weight excluding hydrogens is 621 g/mol. The number of rotatable bonds is 8. The first kappa shape index (κ1) is 32.5. The van der Waals surface area contributed by atoms with Crippen molar-refractivity contribution in [3.63, 3.8) is 0 Å². The third kappa shape index (κ3) is 7.02. The van der Waals surface area contributed by atoms with Crippen LogP contribution in [0.5, 0.6) is 0 Å². The second-order valence-corrected chi connectivity index (χ2v) is 13.2. The SMILES string of the molecule is C[C@H](NC(=O)c1cc2nc(Nc3c(Cl)ccc(CNC(=O)C(C)(C)C)c3Cl)n(C)c2cc1N1CCC(F)(F)C1)c1ccccc1. The molecule has 45 heavy (non-hydrogen) atoms. The van der Waals surface area contributed by atoms with Gasteiger partial charge < -0.3 is 25.4 Å². The van der Waals surface area contributed by atoms with Gasteiger partial charge in [0, 0.05) is 32.0 Å². The largest absolute Gasteiger partial charge is 0.365 e. The number of hydrogen-bond acceptors (Lipinski definition) is 5. The zero-order chi connectivity index (χ0) is 32.7. The van der Waals surface area contributed by atoms with E-state index in [9.17, 15) is 18.4 Å². The number of aryl methyl sites for hydroxylation is 1. The summed E-state index contributed by atoms with van der Waals surface area (Å²) in [6, 6.07) is 16.0. The summed E-state index contributed by atoms with van der Waals surface area (Å²) >= 11 is 13.3. The first-order chi connectivity index (χ1) is 21.1. The molecule has 1 atom stereocenters. The second-order valence-electron chi connectivity index (χ2n) is 12.4. The van der Waals surface area contributed by atoms with Crippen molar-refractivity contribution in [1.82, 2.24) is 20.2 Å². The molecule has 1 aliphatic rings. The molecule has 0 saturated carbocycles. The van der Waals surface area contributed by atoms with Crippen molar-refractivity contribution in [1.29, 1.82) is 0 Å². The fourth-order valence-corrected chi connectivity index (χ4v) is 5.75. The summed E-state index contributed by atoms with van der Waals surface area (Å²) in [6.07, 6.45) is -0.297. The summed E-state index contributed by atoms with van der Waals surface area (Å²) in [7, 11) is 1.77. The fourth-order valence-electron chi connectivity index (χ4n) is 5.22. The van der Waals surface area contributed by atoms with E-state index < -0.39 is 23.8 Å². The number of anilines is 3. The van der Waals surface area contributed by atoms with Crippen molar-refractivity contribution in [2.24, 2.45) is 12.5 Å². The van der Waals surface area contributed by atoms with E-state index in [1.165, 1.54) is 0 Å². The number of amides is 2. The minimum absolute atomic E-state index is 0.111. The summed E-state index contributed by atoms with van der Waals surface area (Å²) in [5.74, 6) is -3.00. The van der Waals surface area contributed by atoms with Crippen molar-refractivity contribution in [3.8, 4) is 0 Å². The smallest absolute Gasteiger partial charge is 0.266 e. The number of nitrogens with one attached hydrogen (secondary N) is 3. The van der Waals surface area contributed by atoms with Crippen LogP contribution in [0.4, 0.5) is 26.1 Å². The van der Waals surface area contributed by atoms with Crippen LogP contribution in [0.25, 0.3) is 11.0 Å². The number of hydrogen-bond donors (Lipinski definition) is 3. The maximum atomic E-state index is 14.3. The first-order valence-corrected chi connectivity index (χ1v) is 15.4. The van der Waals surface area contributed by atoms with E-state index in [2.05, 4.69) is 16.0 Å². The van der Waals surface area contributed by atoms with Gasteiger partial charge in [0.2, 0.25) is 11.9 Å². The molecule has 1 aromatic heterocycles. The molecule has 5 rings (SSSR count). The highest BCUT2D eigenvalue weighted by atomic mass is 35.5. The lowest BCUT2D eigenvalue weighted by Gasteiger charge is -2.23. The van der Waals surface area contributed by atoms with Gasteiger partial charge in [-0.1, -0.05) is 80.4 Å². The van der Waals surface area contributed by atoms with Crippen LogP contribution < -0.4 is 20.9 Å². The predicted octanol–water partition coefficient (Wildman–Crippen LogP) is 7.62. The van der Waals surface area contributed by atoms with Crippen LogP contribution in [0.15, 0.2) is 54.6 Å². The third-order valence-electron chi connectivity index (χ3n) is 7.93. The topological polar surface area (TPSA) is 91.3 Å². The Bertz CT molecular complexity index is 1750. The van der Waals surface area contributed by atoms with Gasteiger partial charge in [-0.05, 0) is 36.2 Å². The predicted molar refractivity (Wildman–Crippen MR) is 176 cm³/mol. The van der Waals surface area contributed by atoms with Crippen molar-refractivity contribution in [2.45, 2.75) is 52.6 Å². The number of imidazole rings is 1. The molecule has 3 N–H and O–H groups in total. The van der Waals surface area contributed by atoms with Gasteiger partial charge in [-0.15, -0.1) is 0 Å². The molecule has 1 aliphatic heterocycles. The summed E-state index contributed by atoms with van der Waals surface area (Å²) in [5.41, 5.74) is 3.16. The molecule has 0 bridgehead atoms. The van der Waals surface area contributed by atoms with E-state index >= 15 is 0 Å². The van der Waals surface area contributed by atoms with Crippen molar-refractivity contribution in [2.75, 3.05) is 23.3 Å².